The number of aliphatic hydroxyl groups is 2. The highest BCUT2D eigenvalue weighted by Crippen LogP contribution is 2.67. The molecule has 2 heterocycles. The molecule has 0 aromatic carbocycles. The molecule has 3 fully saturated rings. The second kappa shape index (κ2) is 7.53. The Morgan fingerprint density at radius 2 is 2.20 bits per heavy atom. The molecule has 7 nitrogen and oxygen atoms in total. The van der Waals surface area contributed by atoms with Gasteiger partial charge in [-0.3, -0.25) is 9.59 Å². The van der Waals surface area contributed by atoms with E-state index in [1.807, 2.05) is 6.92 Å². The second-order valence-corrected chi connectivity index (χ2v) is 9.55. The van der Waals surface area contributed by atoms with Crippen LogP contribution in [-0.2, 0) is 19.1 Å². The molecule has 1 aliphatic heterocycles. The van der Waals surface area contributed by atoms with E-state index in [4.69, 9.17) is 25.5 Å². The van der Waals surface area contributed by atoms with Crippen LogP contribution in [0.4, 0.5) is 0 Å². The number of rotatable bonds is 4. The monoisotopic (exact) mass is 440 g/mol. The van der Waals surface area contributed by atoms with Crippen LogP contribution in [0.15, 0.2) is 23.0 Å². The fraction of sp³-hybridized carbons (Fsp3) is 0.727. The van der Waals surface area contributed by atoms with Crippen molar-refractivity contribution in [2.75, 3.05) is 12.5 Å². The lowest BCUT2D eigenvalue weighted by Crippen LogP contribution is -2.71. The Bertz CT molecular complexity index is 810. The van der Waals surface area contributed by atoms with Crippen LogP contribution in [0.5, 0.6) is 0 Å². The number of esters is 2. The number of hydrogen-bond acceptors (Lipinski definition) is 7. The average Bonchev–Trinajstić information content (AvgIpc) is 3.34. The standard InChI is InChI=1S/C22H29ClO7/c1-13-8-18(25)22(12-29-14(2)24)17(4-3-6-20(22,27)11-23)21(13)9-16(30-19(21)26)15-5-7-28-10-15/h5,7,10,13,16-18,25,27H,3-4,6,8-9,11-12H2,1-2H3/t13-,16+,17-,18+,20+,21-,22+/m1/s1. The minimum absolute atomic E-state index is 0.119. The summed E-state index contributed by atoms with van der Waals surface area (Å²) < 4.78 is 16.4. The van der Waals surface area contributed by atoms with Gasteiger partial charge in [0, 0.05) is 18.9 Å². The molecule has 0 unspecified atom stereocenters. The molecule has 7 atom stereocenters. The zero-order chi connectivity index (χ0) is 21.7. The number of ether oxygens (including phenoxy) is 2. The summed E-state index contributed by atoms with van der Waals surface area (Å²) in [6.07, 6.45) is 4.03. The van der Waals surface area contributed by atoms with Crippen molar-refractivity contribution in [1.82, 2.24) is 0 Å². The summed E-state index contributed by atoms with van der Waals surface area (Å²) >= 11 is 6.26. The van der Waals surface area contributed by atoms with Gasteiger partial charge >= 0.3 is 11.9 Å². The third kappa shape index (κ3) is 2.85. The molecular weight excluding hydrogens is 412 g/mol. The maximum atomic E-state index is 13.5. The Morgan fingerprint density at radius 1 is 1.43 bits per heavy atom. The van der Waals surface area contributed by atoms with Crippen molar-refractivity contribution >= 4 is 23.5 Å². The molecule has 0 amide bonds. The lowest BCUT2D eigenvalue weighted by atomic mass is 9.42. The van der Waals surface area contributed by atoms with E-state index < -0.39 is 40.5 Å². The van der Waals surface area contributed by atoms with Crippen LogP contribution in [0, 0.1) is 22.7 Å². The number of carbonyl (C=O) groups excluding carboxylic acids is 2. The first-order valence-electron chi connectivity index (χ1n) is 10.5. The van der Waals surface area contributed by atoms with Gasteiger partial charge in [0.1, 0.15) is 12.7 Å². The number of furan rings is 1. The first-order chi connectivity index (χ1) is 14.2. The van der Waals surface area contributed by atoms with Crippen molar-refractivity contribution in [1.29, 1.82) is 0 Å². The van der Waals surface area contributed by atoms with Crippen molar-refractivity contribution in [2.24, 2.45) is 22.7 Å². The predicted molar refractivity (Wildman–Crippen MR) is 106 cm³/mol. The number of alkyl halides is 1. The Labute approximate surface area is 180 Å². The van der Waals surface area contributed by atoms with Crippen LogP contribution < -0.4 is 0 Å². The molecule has 0 radical (unpaired) electrons. The largest absolute Gasteiger partial charge is 0.472 e. The van der Waals surface area contributed by atoms with Gasteiger partial charge < -0.3 is 24.1 Å². The normalized spacial score (nSPS) is 43.3. The van der Waals surface area contributed by atoms with E-state index in [9.17, 15) is 19.8 Å². The molecule has 8 heteroatoms. The second-order valence-electron chi connectivity index (χ2n) is 9.28. The number of fused-ring (bicyclic) bond motifs is 2. The number of hydrogen-bond donors (Lipinski definition) is 2. The molecule has 1 aromatic heterocycles. The summed E-state index contributed by atoms with van der Waals surface area (Å²) in [7, 11) is 0. The Morgan fingerprint density at radius 3 is 2.83 bits per heavy atom. The van der Waals surface area contributed by atoms with E-state index >= 15 is 0 Å². The first-order valence-corrected chi connectivity index (χ1v) is 11.1. The first kappa shape index (κ1) is 21.7. The highest BCUT2D eigenvalue weighted by atomic mass is 35.5. The Kier molecular flexibility index (Phi) is 5.44. The van der Waals surface area contributed by atoms with E-state index in [2.05, 4.69) is 0 Å². The molecule has 166 valence electrons. The third-order valence-electron chi connectivity index (χ3n) is 8.05. The molecule has 30 heavy (non-hydrogen) atoms. The van der Waals surface area contributed by atoms with Gasteiger partial charge in [-0.15, -0.1) is 11.6 Å². The highest BCUT2D eigenvalue weighted by molar-refractivity contribution is 6.18. The highest BCUT2D eigenvalue weighted by Gasteiger charge is 2.73. The summed E-state index contributed by atoms with van der Waals surface area (Å²) in [5.41, 5.74) is -2.84. The molecule has 2 saturated carbocycles. The van der Waals surface area contributed by atoms with Crippen LogP contribution >= 0.6 is 11.6 Å². The van der Waals surface area contributed by atoms with Crippen LogP contribution in [-0.4, -0.2) is 46.3 Å². The van der Waals surface area contributed by atoms with Crippen molar-refractivity contribution < 1.29 is 33.7 Å². The minimum Gasteiger partial charge on any atom is -0.472 e. The number of cyclic esters (lactones) is 1. The van der Waals surface area contributed by atoms with E-state index in [-0.39, 0.29) is 30.8 Å². The fourth-order valence-corrected chi connectivity index (χ4v) is 6.90. The van der Waals surface area contributed by atoms with E-state index in [0.717, 1.165) is 5.56 Å². The smallest absolute Gasteiger partial charge is 0.313 e. The minimum atomic E-state index is -1.46. The SMILES string of the molecule is CC(=O)OC[C@@]12[C@H](CCC[C@]1(O)CCl)[C@@]1(C[C@@H](c3ccoc3)OC1=O)[C@H](C)C[C@@H]2O. The van der Waals surface area contributed by atoms with E-state index in [1.165, 1.54) is 6.92 Å². The zero-order valence-corrected chi connectivity index (χ0v) is 18.1. The predicted octanol–water partition coefficient (Wildman–Crippen LogP) is 2.97. The van der Waals surface area contributed by atoms with Crippen LogP contribution in [0.3, 0.4) is 0 Å². The van der Waals surface area contributed by atoms with E-state index in [1.54, 1.807) is 18.6 Å². The van der Waals surface area contributed by atoms with Gasteiger partial charge in [0.05, 0.1) is 40.9 Å². The molecular formula is C22H29ClO7. The van der Waals surface area contributed by atoms with Gasteiger partial charge in [-0.1, -0.05) is 13.3 Å². The van der Waals surface area contributed by atoms with Crippen molar-refractivity contribution in [3.63, 3.8) is 0 Å². The van der Waals surface area contributed by atoms with E-state index in [0.29, 0.717) is 25.7 Å². The van der Waals surface area contributed by atoms with Gasteiger partial charge in [0.15, 0.2) is 0 Å². The van der Waals surface area contributed by atoms with Gasteiger partial charge in [-0.05, 0) is 37.2 Å². The molecule has 1 aromatic rings. The summed E-state index contributed by atoms with van der Waals surface area (Å²) in [5, 5.41) is 22.9. The van der Waals surface area contributed by atoms with Gasteiger partial charge in [-0.25, -0.2) is 0 Å². The summed E-state index contributed by atoms with van der Waals surface area (Å²) in [6, 6.07) is 1.78. The zero-order valence-electron chi connectivity index (χ0n) is 17.3. The van der Waals surface area contributed by atoms with Gasteiger partial charge in [0.2, 0.25) is 0 Å². The molecule has 2 aliphatic carbocycles. The molecule has 0 bridgehead atoms. The Hall–Kier alpha value is -1.57. The van der Waals surface area contributed by atoms with Crippen molar-refractivity contribution in [2.45, 2.75) is 63.8 Å². The number of carbonyl (C=O) groups is 2. The number of aliphatic hydroxyl groups excluding tert-OH is 1. The number of halogens is 1. The fourth-order valence-electron chi connectivity index (χ4n) is 6.52. The van der Waals surface area contributed by atoms with Gasteiger partial charge in [-0.2, -0.15) is 0 Å². The lowest BCUT2D eigenvalue weighted by molar-refractivity contribution is -0.260. The summed E-state index contributed by atoms with van der Waals surface area (Å²) in [5.74, 6) is -1.57. The van der Waals surface area contributed by atoms with Gasteiger partial charge in [0.25, 0.3) is 0 Å². The lowest BCUT2D eigenvalue weighted by Gasteiger charge is -2.63. The third-order valence-corrected chi connectivity index (χ3v) is 8.49. The quantitative estimate of drug-likeness (QED) is 0.547. The van der Waals surface area contributed by atoms with Crippen LogP contribution in [0.25, 0.3) is 0 Å². The molecule has 1 saturated heterocycles. The molecule has 1 spiro atoms. The molecule has 4 rings (SSSR count). The Balaban J connectivity index is 1.82. The molecule has 3 aliphatic rings. The van der Waals surface area contributed by atoms with Crippen LogP contribution in [0.2, 0.25) is 0 Å². The summed E-state index contributed by atoms with van der Waals surface area (Å²) in [4.78, 5) is 25.1. The maximum Gasteiger partial charge on any atom is 0.313 e. The van der Waals surface area contributed by atoms with Crippen molar-refractivity contribution in [3.8, 4) is 0 Å². The maximum absolute atomic E-state index is 13.5. The van der Waals surface area contributed by atoms with Crippen LogP contribution in [0.1, 0.15) is 57.6 Å². The topological polar surface area (TPSA) is 106 Å². The van der Waals surface area contributed by atoms with Crippen molar-refractivity contribution in [3.05, 3.63) is 24.2 Å². The average molecular weight is 441 g/mol. The summed E-state index contributed by atoms with van der Waals surface area (Å²) in [6.45, 7) is 3.06. The molecule has 2 N–H and O–H groups in total.